The Morgan fingerprint density at radius 2 is 1.52 bits per heavy atom. The van der Waals surface area contributed by atoms with Crippen molar-refractivity contribution >= 4 is 11.8 Å². The topological polar surface area (TPSA) is 49.4 Å². The third kappa shape index (κ3) is 6.45. The molecule has 1 aliphatic carbocycles. The average molecular weight is 393 g/mol. The molecule has 0 aromatic heterocycles. The normalized spacial score (nSPS) is 15.5. The van der Waals surface area contributed by atoms with E-state index in [-0.39, 0.29) is 17.9 Å². The van der Waals surface area contributed by atoms with Crippen molar-refractivity contribution in [3.8, 4) is 0 Å². The van der Waals surface area contributed by atoms with Crippen molar-refractivity contribution in [1.29, 1.82) is 0 Å². The fourth-order valence-electron chi connectivity index (χ4n) is 4.01. The van der Waals surface area contributed by atoms with Crippen LogP contribution in [0.15, 0.2) is 60.7 Å². The van der Waals surface area contributed by atoms with Gasteiger partial charge in [-0.3, -0.25) is 9.59 Å². The van der Waals surface area contributed by atoms with E-state index >= 15 is 0 Å². The second kappa shape index (κ2) is 10.8. The summed E-state index contributed by atoms with van der Waals surface area (Å²) in [5.74, 6) is -0.0372. The molecule has 2 aromatic rings. The number of nitrogens with one attached hydrogen (secondary N) is 1. The van der Waals surface area contributed by atoms with Crippen LogP contribution in [0.2, 0.25) is 0 Å². The molecule has 4 heteroatoms. The highest BCUT2D eigenvalue weighted by Crippen LogP contribution is 2.18. The Morgan fingerprint density at radius 1 is 0.931 bits per heavy atom. The quantitative estimate of drug-likeness (QED) is 0.734. The van der Waals surface area contributed by atoms with Crippen molar-refractivity contribution in [2.75, 3.05) is 6.54 Å². The molecule has 0 spiro atoms. The Labute approximate surface area is 174 Å². The first kappa shape index (κ1) is 21.1. The molecule has 2 amide bonds. The first-order valence-electron chi connectivity index (χ1n) is 10.8. The molecule has 0 saturated heterocycles. The number of nitrogens with zero attached hydrogens (tertiary/aromatic N) is 1. The number of amides is 2. The lowest BCUT2D eigenvalue weighted by molar-refractivity contribution is -0.139. The van der Waals surface area contributed by atoms with Gasteiger partial charge in [-0.15, -0.1) is 0 Å². The van der Waals surface area contributed by atoms with Crippen LogP contribution >= 0.6 is 0 Å². The van der Waals surface area contributed by atoms with Gasteiger partial charge in [-0.05, 0) is 37.3 Å². The van der Waals surface area contributed by atoms with Gasteiger partial charge in [-0.1, -0.05) is 79.9 Å². The zero-order valence-corrected chi connectivity index (χ0v) is 17.3. The van der Waals surface area contributed by atoms with Crippen LogP contribution in [0.1, 0.15) is 50.2 Å². The van der Waals surface area contributed by atoms with Gasteiger partial charge < -0.3 is 10.2 Å². The highest BCUT2D eigenvalue weighted by Gasteiger charge is 2.27. The van der Waals surface area contributed by atoms with E-state index in [1.807, 2.05) is 55.5 Å². The zero-order valence-electron chi connectivity index (χ0n) is 17.3. The number of benzene rings is 2. The molecule has 29 heavy (non-hydrogen) atoms. The van der Waals surface area contributed by atoms with Gasteiger partial charge >= 0.3 is 0 Å². The third-order valence-corrected chi connectivity index (χ3v) is 5.80. The second-order valence-corrected chi connectivity index (χ2v) is 8.00. The lowest BCUT2D eigenvalue weighted by Crippen LogP contribution is -2.51. The maximum atomic E-state index is 13.1. The van der Waals surface area contributed by atoms with Crippen LogP contribution in [0.3, 0.4) is 0 Å². The molecule has 0 heterocycles. The lowest BCUT2D eigenvalue weighted by Gasteiger charge is -2.31. The van der Waals surface area contributed by atoms with Crippen LogP contribution in [-0.2, 0) is 22.4 Å². The molecule has 3 rings (SSSR count). The van der Waals surface area contributed by atoms with Crippen LogP contribution in [0.25, 0.3) is 0 Å². The van der Waals surface area contributed by atoms with Crippen molar-refractivity contribution in [2.24, 2.45) is 0 Å². The number of carbonyl (C=O) groups excluding carboxylic acids is 2. The molecule has 0 radical (unpaired) electrons. The van der Waals surface area contributed by atoms with E-state index in [9.17, 15) is 9.59 Å². The summed E-state index contributed by atoms with van der Waals surface area (Å²) >= 11 is 0. The molecule has 0 unspecified atom stereocenters. The van der Waals surface area contributed by atoms with Crippen molar-refractivity contribution in [3.05, 3.63) is 71.8 Å². The predicted molar refractivity (Wildman–Crippen MR) is 116 cm³/mol. The average Bonchev–Trinajstić information content (AvgIpc) is 2.76. The van der Waals surface area contributed by atoms with Gasteiger partial charge in [-0.2, -0.15) is 0 Å². The third-order valence-electron chi connectivity index (χ3n) is 5.80. The number of rotatable bonds is 8. The first-order chi connectivity index (χ1) is 14.1. The molecule has 0 aliphatic heterocycles. The smallest absolute Gasteiger partial charge is 0.242 e. The van der Waals surface area contributed by atoms with Crippen LogP contribution < -0.4 is 5.32 Å². The summed E-state index contributed by atoms with van der Waals surface area (Å²) in [6.07, 6.45) is 6.73. The van der Waals surface area contributed by atoms with Crippen LogP contribution in [0.5, 0.6) is 0 Å². The minimum absolute atomic E-state index is 0.00146. The predicted octanol–water partition coefficient (Wildman–Crippen LogP) is 4.14. The molecule has 1 saturated carbocycles. The maximum Gasteiger partial charge on any atom is 0.242 e. The Bertz CT molecular complexity index is 770. The van der Waals surface area contributed by atoms with Gasteiger partial charge in [0.1, 0.15) is 6.04 Å². The van der Waals surface area contributed by atoms with E-state index < -0.39 is 6.04 Å². The van der Waals surface area contributed by atoms with Crippen molar-refractivity contribution < 1.29 is 9.59 Å². The molecular weight excluding hydrogens is 360 g/mol. The minimum Gasteiger partial charge on any atom is -0.352 e. The van der Waals surface area contributed by atoms with Crippen LogP contribution in [-0.4, -0.2) is 35.3 Å². The fourth-order valence-corrected chi connectivity index (χ4v) is 4.01. The Kier molecular flexibility index (Phi) is 7.85. The zero-order chi connectivity index (χ0) is 20.5. The van der Waals surface area contributed by atoms with E-state index in [2.05, 4.69) is 17.4 Å². The molecule has 0 bridgehead atoms. The maximum absolute atomic E-state index is 13.1. The van der Waals surface area contributed by atoms with Gasteiger partial charge in [0.25, 0.3) is 0 Å². The molecule has 2 aromatic carbocycles. The minimum atomic E-state index is -0.475. The van der Waals surface area contributed by atoms with E-state index in [0.29, 0.717) is 13.0 Å². The van der Waals surface area contributed by atoms with Crippen LogP contribution in [0.4, 0.5) is 0 Å². The molecular formula is C25H32N2O2. The molecule has 4 nitrogen and oxygen atoms in total. The summed E-state index contributed by atoms with van der Waals surface area (Å²) in [6, 6.07) is 19.6. The molecule has 1 aliphatic rings. The summed E-state index contributed by atoms with van der Waals surface area (Å²) in [6.45, 7) is 2.39. The number of hydrogen-bond donors (Lipinski definition) is 1. The number of carbonyl (C=O) groups is 2. The fraction of sp³-hybridized carbons (Fsp3) is 0.440. The van der Waals surface area contributed by atoms with Crippen LogP contribution in [0, 0.1) is 0 Å². The second-order valence-electron chi connectivity index (χ2n) is 8.00. The van der Waals surface area contributed by atoms with Gasteiger partial charge in [0.05, 0.1) is 6.42 Å². The Hall–Kier alpha value is -2.62. The van der Waals surface area contributed by atoms with E-state index in [0.717, 1.165) is 24.8 Å². The summed E-state index contributed by atoms with van der Waals surface area (Å²) in [4.78, 5) is 27.8. The monoisotopic (exact) mass is 392 g/mol. The van der Waals surface area contributed by atoms with Gasteiger partial charge in [0, 0.05) is 12.6 Å². The number of hydrogen-bond acceptors (Lipinski definition) is 2. The highest BCUT2D eigenvalue weighted by molar-refractivity contribution is 5.88. The largest absolute Gasteiger partial charge is 0.352 e. The molecule has 1 fully saturated rings. The van der Waals surface area contributed by atoms with Gasteiger partial charge in [-0.25, -0.2) is 0 Å². The Balaban J connectivity index is 1.67. The Morgan fingerprint density at radius 3 is 2.14 bits per heavy atom. The van der Waals surface area contributed by atoms with E-state index in [1.54, 1.807) is 4.90 Å². The lowest BCUT2D eigenvalue weighted by atomic mass is 9.95. The molecule has 1 atom stereocenters. The highest BCUT2D eigenvalue weighted by atomic mass is 16.2. The molecule has 1 N–H and O–H groups in total. The van der Waals surface area contributed by atoms with Gasteiger partial charge in [0.15, 0.2) is 0 Å². The van der Waals surface area contributed by atoms with E-state index in [4.69, 9.17) is 0 Å². The van der Waals surface area contributed by atoms with Gasteiger partial charge in [0.2, 0.25) is 11.8 Å². The van der Waals surface area contributed by atoms with E-state index in [1.165, 1.54) is 24.8 Å². The summed E-state index contributed by atoms with van der Waals surface area (Å²) in [5.41, 5.74) is 2.15. The van der Waals surface area contributed by atoms with Crippen molar-refractivity contribution in [1.82, 2.24) is 10.2 Å². The van der Waals surface area contributed by atoms with Crippen molar-refractivity contribution in [3.63, 3.8) is 0 Å². The summed E-state index contributed by atoms with van der Waals surface area (Å²) < 4.78 is 0. The SMILES string of the molecule is C[C@@H](C(=O)NC1CCCCC1)N(CCc1ccccc1)C(=O)Cc1ccccc1. The summed E-state index contributed by atoms with van der Waals surface area (Å²) in [7, 11) is 0. The first-order valence-corrected chi connectivity index (χ1v) is 10.8. The van der Waals surface area contributed by atoms with Crippen molar-refractivity contribution in [2.45, 2.75) is 64.0 Å². The summed E-state index contributed by atoms with van der Waals surface area (Å²) in [5, 5.41) is 3.18. The standard InChI is InChI=1S/C25H32N2O2/c1-20(25(29)26-23-15-9-4-10-16-23)27(18-17-21-11-5-2-6-12-21)24(28)19-22-13-7-3-8-14-22/h2-3,5-8,11-14,20,23H,4,9-10,15-19H2,1H3,(H,26,29)/t20-/m0/s1. The molecule has 154 valence electrons.